The van der Waals surface area contributed by atoms with Crippen LogP contribution in [0.4, 0.5) is 0 Å². The molecule has 1 aliphatic heterocycles. The fourth-order valence-electron chi connectivity index (χ4n) is 2.29. The van der Waals surface area contributed by atoms with Gasteiger partial charge in [0.1, 0.15) is 5.75 Å². The SMILES string of the molecule is CCNC(=NCc1ccc(O)cc1)NCCCOC1CCOC1.I. The van der Waals surface area contributed by atoms with Gasteiger partial charge in [-0.3, -0.25) is 0 Å². The molecular formula is C17H28IN3O3. The Labute approximate surface area is 161 Å². The Balaban J connectivity index is 0.00000288. The number of halogens is 1. The van der Waals surface area contributed by atoms with Crippen LogP contribution in [0, 0.1) is 0 Å². The van der Waals surface area contributed by atoms with E-state index in [2.05, 4.69) is 15.6 Å². The minimum Gasteiger partial charge on any atom is -0.508 e. The predicted molar refractivity (Wildman–Crippen MR) is 106 cm³/mol. The van der Waals surface area contributed by atoms with Crippen LogP contribution >= 0.6 is 24.0 Å². The summed E-state index contributed by atoms with van der Waals surface area (Å²) in [6, 6.07) is 7.10. The van der Waals surface area contributed by atoms with Gasteiger partial charge < -0.3 is 25.2 Å². The molecule has 0 amide bonds. The lowest BCUT2D eigenvalue weighted by atomic mass is 10.2. The molecule has 1 aliphatic rings. The first kappa shape index (κ1) is 21.0. The van der Waals surface area contributed by atoms with Gasteiger partial charge in [-0.15, -0.1) is 24.0 Å². The molecule has 1 aromatic carbocycles. The first-order valence-electron chi connectivity index (χ1n) is 8.27. The minimum atomic E-state index is 0. The summed E-state index contributed by atoms with van der Waals surface area (Å²) in [5.41, 5.74) is 1.06. The second-order valence-electron chi connectivity index (χ2n) is 5.50. The third-order valence-electron chi connectivity index (χ3n) is 3.56. The summed E-state index contributed by atoms with van der Waals surface area (Å²) in [6.07, 6.45) is 2.20. The van der Waals surface area contributed by atoms with Crippen LogP contribution in [0.2, 0.25) is 0 Å². The molecule has 1 heterocycles. The zero-order valence-electron chi connectivity index (χ0n) is 14.2. The van der Waals surface area contributed by atoms with Crippen molar-refractivity contribution in [2.45, 2.75) is 32.4 Å². The molecule has 7 heteroatoms. The normalized spacial score (nSPS) is 17.4. The topological polar surface area (TPSA) is 75.1 Å². The number of aromatic hydroxyl groups is 1. The molecule has 1 atom stereocenters. The second-order valence-corrected chi connectivity index (χ2v) is 5.50. The van der Waals surface area contributed by atoms with Gasteiger partial charge in [-0.05, 0) is 37.5 Å². The maximum Gasteiger partial charge on any atom is 0.191 e. The summed E-state index contributed by atoms with van der Waals surface area (Å²) in [7, 11) is 0. The van der Waals surface area contributed by atoms with Crippen molar-refractivity contribution < 1.29 is 14.6 Å². The van der Waals surface area contributed by atoms with E-state index in [0.717, 1.165) is 57.3 Å². The van der Waals surface area contributed by atoms with Crippen LogP contribution in [0.1, 0.15) is 25.3 Å². The van der Waals surface area contributed by atoms with Crippen molar-refractivity contribution in [1.29, 1.82) is 0 Å². The van der Waals surface area contributed by atoms with E-state index in [9.17, 15) is 5.11 Å². The zero-order chi connectivity index (χ0) is 16.3. The molecule has 2 rings (SSSR count). The number of benzene rings is 1. The zero-order valence-corrected chi connectivity index (χ0v) is 16.5. The lowest BCUT2D eigenvalue weighted by Gasteiger charge is -2.13. The fourth-order valence-corrected chi connectivity index (χ4v) is 2.29. The van der Waals surface area contributed by atoms with Crippen LogP contribution in [0.3, 0.4) is 0 Å². The maximum atomic E-state index is 9.28. The second kappa shape index (κ2) is 12.3. The van der Waals surface area contributed by atoms with Gasteiger partial charge in [-0.1, -0.05) is 12.1 Å². The molecular weight excluding hydrogens is 421 g/mol. The van der Waals surface area contributed by atoms with Crippen LogP contribution in [0.5, 0.6) is 5.75 Å². The van der Waals surface area contributed by atoms with Gasteiger partial charge in [0, 0.05) is 26.3 Å². The van der Waals surface area contributed by atoms with Gasteiger partial charge in [0.05, 0.1) is 19.3 Å². The Morgan fingerprint density at radius 2 is 2.12 bits per heavy atom. The van der Waals surface area contributed by atoms with E-state index in [1.54, 1.807) is 12.1 Å². The van der Waals surface area contributed by atoms with Crippen LogP contribution in [0.25, 0.3) is 0 Å². The van der Waals surface area contributed by atoms with E-state index in [1.807, 2.05) is 19.1 Å². The molecule has 1 saturated heterocycles. The average molecular weight is 449 g/mol. The smallest absolute Gasteiger partial charge is 0.191 e. The number of nitrogens with one attached hydrogen (secondary N) is 2. The quantitative estimate of drug-likeness (QED) is 0.246. The number of phenols is 1. The van der Waals surface area contributed by atoms with Gasteiger partial charge in [0.2, 0.25) is 0 Å². The van der Waals surface area contributed by atoms with E-state index in [1.165, 1.54) is 0 Å². The van der Waals surface area contributed by atoms with Gasteiger partial charge in [0.15, 0.2) is 5.96 Å². The Morgan fingerprint density at radius 1 is 1.33 bits per heavy atom. The lowest BCUT2D eigenvalue weighted by Crippen LogP contribution is -2.38. The molecule has 1 aromatic rings. The molecule has 0 saturated carbocycles. The Bertz CT molecular complexity index is 476. The Morgan fingerprint density at radius 3 is 2.79 bits per heavy atom. The molecule has 3 N–H and O–H groups in total. The van der Waals surface area contributed by atoms with Crippen molar-refractivity contribution in [3.63, 3.8) is 0 Å². The molecule has 0 radical (unpaired) electrons. The number of aliphatic imine (C=N–C) groups is 1. The summed E-state index contributed by atoms with van der Waals surface area (Å²) in [5, 5.41) is 15.8. The van der Waals surface area contributed by atoms with Gasteiger partial charge in [-0.2, -0.15) is 0 Å². The van der Waals surface area contributed by atoms with Gasteiger partial charge in [0.25, 0.3) is 0 Å². The summed E-state index contributed by atoms with van der Waals surface area (Å²) in [4.78, 5) is 4.54. The average Bonchev–Trinajstić information content (AvgIpc) is 3.07. The number of nitrogens with zero attached hydrogens (tertiary/aromatic N) is 1. The maximum absolute atomic E-state index is 9.28. The molecule has 1 unspecified atom stereocenters. The summed E-state index contributed by atoms with van der Waals surface area (Å²) in [5.74, 6) is 1.07. The number of phenolic OH excluding ortho intramolecular Hbond substituents is 1. The van der Waals surface area contributed by atoms with Crippen molar-refractivity contribution in [3.8, 4) is 5.75 Å². The van der Waals surface area contributed by atoms with Crippen molar-refractivity contribution in [1.82, 2.24) is 10.6 Å². The summed E-state index contributed by atoms with van der Waals surface area (Å²) >= 11 is 0. The highest BCUT2D eigenvalue weighted by atomic mass is 127. The van der Waals surface area contributed by atoms with E-state index < -0.39 is 0 Å². The Hall–Kier alpha value is -1.06. The first-order chi connectivity index (χ1) is 11.3. The van der Waals surface area contributed by atoms with Gasteiger partial charge >= 0.3 is 0 Å². The lowest BCUT2D eigenvalue weighted by molar-refractivity contribution is 0.0420. The Kier molecular flexibility index (Phi) is 10.8. The molecule has 6 nitrogen and oxygen atoms in total. The summed E-state index contributed by atoms with van der Waals surface area (Å²) < 4.78 is 11.0. The van der Waals surface area contributed by atoms with Crippen molar-refractivity contribution in [2.75, 3.05) is 32.9 Å². The molecule has 0 aliphatic carbocycles. The number of rotatable bonds is 8. The molecule has 0 spiro atoms. The first-order valence-corrected chi connectivity index (χ1v) is 8.27. The van der Waals surface area contributed by atoms with Crippen LogP contribution in [0.15, 0.2) is 29.3 Å². The van der Waals surface area contributed by atoms with E-state index in [4.69, 9.17) is 9.47 Å². The van der Waals surface area contributed by atoms with Crippen LogP contribution < -0.4 is 10.6 Å². The highest BCUT2D eigenvalue weighted by Gasteiger charge is 2.15. The minimum absolute atomic E-state index is 0. The number of ether oxygens (including phenoxy) is 2. The monoisotopic (exact) mass is 449 g/mol. The molecule has 24 heavy (non-hydrogen) atoms. The summed E-state index contributed by atoms with van der Waals surface area (Å²) in [6.45, 7) is 6.53. The van der Waals surface area contributed by atoms with E-state index in [-0.39, 0.29) is 35.8 Å². The predicted octanol–water partition coefficient (Wildman–Crippen LogP) is 2.26. The van der Waals surface area contributed by atoms with Gasteiger partial charge in [-0.25, -0.2) is 4.99 Å². The van der Waals surface area contributed by atoms with Crippen molar-refractivity contribution in [2.24, 2.45) is 4.99 Å². The third-order valence-corrected chi connectivity index (χ3v) is 3.56. The third kappa shape index (κ3) is 8.16. The van der Waals surface area contributed by atoms with Crippen LogP contribution in [-0.4, -0.2) is 50.1 Å². The fraction of sp³-hybridized carbons (Fsp3) is 0.588. The molecule has 0 aromatic heterocycles. The molecule has 0 bridgehead atoms. The largest absolute Gasteiger partial charge is 0.508 e. The number of hydrogen-bond donors (Lipinski definition) is 3. The molecule has 1 fully saturated rings. The standard InChI is InChI=1S/C17H27N3O3.HI/c1-2-18-17(20-12-14-4-6-15(21)7-5-14)19-9-3-10-23-16-8-11-22-13-16;/h4-7,16,21H,2-3,8-13H2,1H3,(H2,18,19,20);1H. The van der Waals surface area contributed by atoms with Crippen molar-refractivity contribution in [3.05, 3.63) is 29.8 Å². The van der Waals surface area contributed by atoms with Crippen LogP contribution in [-0.2, 0) is 16.0 Å². The highest BCUT2D eigenvalue weighted by Crippen LogP contribution is 2.10. The number of hydrogen-bond acceptors (Lipinski definition) is 4. The number of guanidine groups is 1. The molecule has 136 valence electrons. The van der Waals surface area contributed by atoms with E-state index >= 15 is 0 Å². The van der Waals surface area contributed by atoms with E-state index in [0.29, 0.717) is 6.54 Å². The van der Waals surface area contributed by atoms with Crippen molar-refractivity contribution >= 4 is 29.9 Å². The highest BCUT2D eigenvalue weighted by molar-refractivity contribution is 14.0.